The number of nitrogens with one attached hydrogen (secondary N) is 1. The molecule has 0 aromatic carbocycles. The number of carbonyl (C=O) groups excluding carboxylic acids is 1. The maximum atomic E-state index is 11.4. The van der Waals surface area contributed by atoms with Crippen LogP contribution in [0.15, 0.2) is 11.1 Å². The number of esters is 1. The Morgan fingerprint density at radius 2 is 2.64 bits per heavy atom. The van der Waals surface area contributed by atoms with Gasteiger partial charge in [-0.3, -0.25) is 0 Å². The molecule has 1 aromatic heterocycles. The quantitative estimate of drug-likeness (QED) is 0.756. The number of hydrogen-bond acceptors (Lipinski definition) is 5. The summed E-state index contributed by atoms with van der Waals surface area (Å²) >= 11 is 1.37. The molecule has 1 N–H and O–H groups in total. The first-order valence-corrected chi connectivity index (χ1v) is 5.18. The van der Waals surface area contributed by atoms with Gasteiger partial charge in [0.2, 0.25) is 0 Å². The third-order valence-electron chi connectivity index (χ3n) is 1.83. The summed E-state index contributed by atoms with van der Waals surface area (Å²) in [6.45, 7) is 2.93. The molecule has 0 aliphatic carbocycles. The van der Waals surface area contributed by atoms with E-state index in [4.69, 9.17) is 4.74 Å². The highest BCUT2D eigenvalue weighted by molar-refractivity contribution is 7.17. The van der Waals surface area contributed by atoms with Crippen molar-refractivity contribution in [1.29, 1.82) is 0 Å². The molecule has 0 radical (unpaired) electrons. The van der Waals surface area contributed by atoms with Crippen molar-refractivity contribution in [2.45, 2.75) is 13.5 Å². The van der Waals surface area contributed by atoms with Gasteiger partial charge >= 0.3 is 5.97 Å². The van der Waals surface area contributed by atoms with E-state index in [0.29, 0.717) is 11.5 Å². The summed E-state index contributed by atoms with van der Waals surface area (Å²) in [7, 11) is 0. The monoisotopic (exact) mass is 210 g/mol. The van der Waals surface area contributed by atoms with Crippen molar-refractivity contribution in [2.24, 2.45) is 4.99 Å². The van der Waals surface area contributed by atoms with E-state index in [0.717, 1.165) is 17.1 Å². The Kier molecular flexibility index (Phi) is 2.49. The zero-order chi connectivity index (χ0) is 9.97. The predicted molar refractivity (Wildman–Crippen MR) is 55.3 cm³/mol. The Morgan fingerprint density at radius 1 is 1.79 bits per heavy atom. The van der Waals surface area contributed by atoms with Gasteiger partial charge < -0.3 is 10.1 Å². The van der Waals surface area contributed by atoms with E-state index in [1.54, 1.807) is 13.3 Å². The molecule has 74 valence electrons. The Balaban J connectivity index is 2.24. The van der Waals surface area contributed by atoms with Gasteiger partial charge in [0.15, 0.2) is 0 Å². The molecule has 14 heavy (non-hydrogen) atoms. The summed E-state index contributed by atoms with van der Waals surface area (Å²) in [6, 6.07) is 1.83. The molecule has 0 unspecified atom stereocenters. The molecule has 4 nitrogen and oxygen atoms in total. The van der Waals surface area contributed by atoms with Gasteiger partial charge in [0.1, 0.15) is 9.88 Å². The average Bonchev–Trinajstić information content (AvgIpc) is 2.61. The van der Waals surface area contributed by atoms with Crippen LogP contribution in [0, 0.1) is 0 Å². The van der Waals surface area contributed by atoms with Gasteiger partial charge in [-0.25, -0.2) is 9.79 Å². The van der Waals surface area contributed by atoms with Crippen LogP contribution in [0.5, 0.6) is 0 Å². The fraction of sp³-hybridized carbons (Fsp3) is 0.333. The van der Waals surface area contributed by atoms with Gasteiger partial charge in [0.05, 0.1) is 12.9 Å². The molecule has 0 amide bonds. The first-order chi connectivity index (χ1) is 6.81. The minimum atomic E-state index is -0.262. The van der Waals surface area contributed by atoms with E-state index >= 15 is 0 Å². The summed E-state index contributed by atoms with van der Waals surface area (Å²) in [5.74, 6) is -0.262. The van der Waals surface area contributed by atoms with E-state index in [2.05, 4.69) is 10.3 Å². The van der Waals surface area contributed by atoms with Crippen LogP contribution in [-0.4, -0.2) is 18.9 Å². The number of fused-ring (bicyclic) bond motifs is 1. The van der Waals surface area contributed by atoms with Crippen LogP contribution in [0.4, 0.5) is 5.00 Å². The zero-order valence-electron chi connectivity index (χ0n) is 7.74. The molecule has 2 rings (SSSR count). The highest BCUT2D eigenvalue weighted by atomic mass is 32.1. The molecule has 0 atom stereocenters. The van der Waals surface area contributed by atoms with E-state index in [-0.39, 0.29) is 5.97 Å². The molecular formula is C9H10N2O2S. The molecule has 1 aromatic rings. The molecule has 0 saturated carbocycles. The van der Waals surface area contributed by atoms with Crippen molar-refractivity contribution in [3.8, 4) is 0 Å². The average molecular weight is 210 g/mol. The Labute approximate surface area is 85.6 Å². The number of nitrogens with zero attached hydrogens (tertiary/aromatic N) is 1. The zero-order valence-corrected chi connectivity index (χ0v) is 8.56. The molecule has 0 bridgehead atoms. The van der Waals surface area contributed by atoms with E-state index in [1.807, 2.05) is 6.07 Å². The minimum absolute atomic E-state index is 0.262. The molecular weight excluding hydrogens is 200 g/mol. The highest BCUT2D eigenvalue weighted by Crippen LogP contribution is 2.32. The first-order valence-electron chi connectivity index (χ1n) is 4.37. The SMILES string of the molecule is CCOC(=O)c1cc2c(s1)N=CNC2. The molecule has 5 heteroatoms. The Hall–Kier alpha value is -1.36. The van der Waals surface area contributed by atoms with Gasteiger partial charge in [0.25, 0.3) is 0 Å². The summed E-state index contributed by atoms with van der Waals surface area (Å²) in [4.78, 5) is 16.1. The van der Waals surface area contributed by atoms with Gasteiger partial charge in [0, 0.05) is 12.1 Å². The van der Waals surface area contributed by atoms with Crippen LogP contribution in [-0.2, 0) is 11.3 Å². The molecule has 1 aliphatic heterocycles. The number of ether oxygens (including phenoxy) is 1. The number of thiophene rings is 1. The second-order valence-electron chi connectivity index (χ2n) is 2.80. The van der Waals surface area contributed by atoms with Gasteiger partial charge in [-0.1, -0.05) is 0 Å². The van der Waals surface area contributed by atoms with Crippen LogP contribution >= 0.6 is 11.3 Å². The lowest BCUT2D eigenvalue weighted by Gasteiger charge is -2.03. The number of rotatable bonds is 2. The standard InChI is InChI=1S/C9H10N2O2S/c1-2-13-9(12)7-3-6-4-10-5-11-8(6)14-7/h3,5H,2,4H2,1H3,(H,10,11). The summed E-state index contributed by atoms with van der Waals surface area (Å²) in [6.07, 6.45) is 1.65. The van der Waals surface area contributed by atoms with Crippen molar-refractivity contribution in [3.05, 3.63) is 16.5 Å². The van der Waals surface area contributed by atoms with Crippen LogP contribution < -0.4 is 5.32 Å². The predicted octanol–water partition coefficient (Wildman–Crippen LogP) is 1.69. The second-order valence-corrected chi connectivity index (χ2v) is 3.83. The smallest absolute Gasteiger partial charge is 0.348 e. The van der Waals surface area contributed by atoms with Crippen molar-refractivity contribution in [1.82, 2.24) is 5.32 Å². The second kappa shape index (κ2) is 3.79. The first kappa shape index (κ1) is 9.21. The minimum Gasteiger partial charge on any atom is -0.462 e. The van der Waals surface area contributed by atoms with Crippen LogP contribution in [0.1, 0.15) is 22.2 Å². The van der Waals surface area contributed by atoms with Crippen LogP contribution in [0.3, 0.4) is 0 Å². The maximum absolute atomic E-state index is 11.4. The van der Waals surface area contributed by atoms with E-state index in [9.17, 15) is 4.79 Å². The fourth-order valence-corrected chi connectivity index (χ4v) is 2.14. The van der Waals surface area contributed by atoms with E-state index in [1.165, 1.54) is 11.3 Å². The van der Waals surface area contributed by atoms with Crippen molar-refractivity contribution >= 4 is 28.6 Å². The van der Waals surface area contributed by atoms with Crippen LogP contribution in [0.25, 0.3) is 0 Å². The maximum Gasteiger partial charge on any atom is 0.348 e. The fourth-order valence-electron chi connectivity index (χ4n) is 1.22. The third kappa shape index (κ3) is 1.63. The lowest BCUT2D eigenvalue weighted by Crippen LogP contribution is -2.12. The topological polar surface area (TPSA) is 50.7 Å². The third-order valence-corrected chi connectivity index (χ3v) is 2.89. The lowest BCUT2D eigenvalue weighted by molar-refractivity contribution is 0.0532. The van der Waals surface area contributed by atoms with Crippen molar-refractivity contribution in [3.63, 3.8) is 0 Å². The van der Waals surface area contributed by atoms with Crippen LogP contribution in [0.2, 0.25) is 0 Å². The van der Waals surface area contributed by atoms with Gasteiger partial charge in [-0.05, 0) is 13.0 Å². The largest absolute Gasteiger partial charge is 0.462 e. The summed E-state index contributed by atoms with van der Waals surface area (Å²) in [5.41, 5.74) is 1.06. The molecule has 0 fully saturated rings. The molecule has 0 saturated heterocycles. The van der Waals surface area contributed by atoms with Gasteiger partial charge in [-0.15, -0.1) is 11.3 Å². The molecule has 0 spiro atoms. The molecule has 2 heterocycles. The number of hydrogen-bond donors (Lipinski definition) is 1. The number of carbonyl (C=O) groups is 1. The van der Waals surface area contributed by atoms with Gasteiger partial charge in [-0.2, -0.15) is 0 Å². The Morgan fingerprint density at radius 3 is 3.36 bits per heavy atom. The Bertz CT molecular complexity index is 384. The highest BCUT2D eigenvalue weighted by Gasteiger charge is 2.15. The normalized spacial score (nSPS) is 13.2. The van der Waals surface area contributed by atoms with Crippen molar-refractivity contribution in [2.75, 3.05) is 6.61 Å². The van der Waals surface area contributed by atoms with E-state index < -0.39 is 0 Å². The summed E-state index contributed by atoms with van der Waals surface area (Å²) < 4.78 is 4.90. The summed E-state index contributed by atoms with van der Waals surface area (Å²) in [5, 5.41) is 3.88. The van der Waals surface area contributed by atoms with Crippen molar-refractivity contribution < 1.29 is 9.53 Å². The lowest BCUT2D eigenvalue weighted by atomic mass is 10.3. The number of aliphatic imine (C=N–C) groups is 1. The molecule has 1 aliphatic rings.